The normalized spacial score (nSPS) is 23.5. The Bertz CT molecular complexity index is 321. The van der Waals surface area contributed by atoms with Crippen LogP contribution in [0.4, 0.5) is 0 Å². The van der Waals surface area contributed by atoms with Crippen molar-refractivity contribution in [2.24, 2.45) is 11.7 Å². The summed E-state index contributed by atoms with van der Waals surface area (Å²) in [6.45, 7) is 5.67. The number of hydrogen-bond acceptors (Lipinski definition) is 2. The molecule has 2 heteroatoms. The molecule has 0 amide bonds. The van der Waals surface area contributed by atoms with E-state index >= 15 is 0 Å². The van der Waals surface area contributed by atoms with E-state index in [0.29, 0.717) is 6.04 Å². The zero-order valence-corrected chi connectivity index (χ0v) is 10.8. The molecule has 2 N–H and O–H groups in total. The number of piperidine rings is 1. The van der Waals surface area contributed by atoms with E-state index in [-0.39, 0.29) is 0 Å². The molecule has 1 heterocycles. The highest BCUT2D eigenvalue weighted by molar-refractivity contribution is 5.14. The van der Waals surface area contributed by atoms with Gasteiger partial charge >= 0.3 is 0 Å². The van der Waals surface area contributed by atoms with Gasteiger partial charge in [-0.25, -0.2) is 0 Å². The molecule has 2 atom stereocenters. The van der Waals surface area contributed by atoms with Crippen molar-refractivity contribution >= 4 is 0 Å². The van der Waals surface area contributed by atoms with Crippen LogP contribution >= 0.6 is 0 Å². The molecule has 1 aromatic carbocycles. The summed E-state index contributed by atoms with van der Waals surface area (Å²) >= 11 is 0. The van der Waals surface area contributed by atoms with E-state index in [0.717, 1.165) is 12.5 Å². The van der Waals surface area contributed by atoms with Gasteiger partial charge in [-0.1, -0.05) is 30.3 Å². The van der Waals surface area contributed by atoms with Crippen molar-refractivity contribution in [2.45, 2.75) is 38.8 Å². The third-order valence-corrected chi connectivity index (χ3v) is 3.56. The lowest BCUT2D eigenvalue weighted by molar-refractivity contribution is 0.158. The van der Waals surface area contributed by atoms with E-state index in [4.69, 9.17) is 5.73 Å². The predicted octanol–water partition coefficient (Wildman–Crippen LogP) is 2.64. The van der Waals surface area contributed by atoms with Gasteiger partial charge in [-0.3, -0.25) is 4.90 Å². The van der Waals surface area contributed by atoms with Crippen molar-refractivity contribution < 1.29 is 0 Å². The van der Waals surface area contributed by atoms with Crippen molar-refractivity contribution in [1.29, 1.82) is 0 Å². The van der Waals surface area contributed by atoms with E-state index in [1.165, 1.54) is 37.9 Å². The second-order valence-corrected chi connectivity index (χ2v) is 5.44. The maximum atomic E-state index is 5.90. The number of likely N-dealkylation sites (tertiary alicyclic amines) is 1. The molecule has 0 aliphatic carbocycles. The van der Waals surface area contributed by atoms with Crippen molar-refractivity contribution in [3.05, 3.63) is 35.9 Å². The molecule has 0 bridgehead atoms. The first-order valence-corrected chi connectivity index (χ1v) is 6.76. The van der Waals surface area contributed by atoms with Gasteiger partial charge in [0, 0.05) is 19.1 Å². The fraction of sp³-hybridized carbons (Fsp3) is 0.600. The topological polar surface area (TPSA) is 29.3 Å². The van der Waals surface area contributed by atoms with Crippen LogP contribution in [0.3, 0.4) is 0 Å². The minimum Gasteiger partial charge on any atom is -0.328 e. The van der Waals surface area contributed by atoms with Crippen LogP contribution in [0.2, 0.25) is 0 Å². The molecule has 2 rings (SSSR count). The van der Waals surface area contributed by atoms with Crippen LogP contribution in [0.5, 0.6) is 0 Å². The van der Waals surface area contributed by atoms with Gasteiger partial charge in [0.15, 0.2) is 0 Å². The van der Waals surface area contributed by atoms with E-state index in [1.54, 1.807) is 0 Å². The summed E-state index contributed by atoms with van der Waals surface area (Å²) in [5.74, 6) is 0.799. The molecule has 1 fully saturated rings. The van der Waals surface area contributed by atoms with Crippen molar-refractivity contribution in [3.63, 3.8) is 0 Å². The first kappa shape index (κ1) is 12.6. The molecule has 0 spiro atoms. The smallest absolute Gasteiger partial charge is 0.0233 e. The van der Waals surface area contributed by atoms with E-state index in [9.17, 15) is 0 Å². The van der Waals surface area contributed by atoms with E-state index in [1.807, 2.05) is 0 Å². The fourth-order valence-corrected chi connectivity index (χ4v) is 2.85. The summed E-state index contributed by atoms with van der Waals surface area (Å²) in [4.78, 5) is 2.58. The van der Waals surface area contributed by atoms with Crippen molar-refractivity contribution in [2.75, 3.05) is 13.1 Å². The number of rotatable bonds is 4. The molecule has 17 heavy (non-hydrogen) atoms. The molecule has 1 aliphatic heterocycles. The molecule has 0 radical (unpaired) electrons. The van der Waals surface area contributed by atoms with Gasteiger partial charge < -0.3 is 5.73 Å². The summed E-state index contributed by atoms with van der Waals surface area (Å²) in [6, 6.07) is 11.1. The molecular formula is C15H24N2. The highest BCUT2D eigenvalue weighted by atomic mass is 15.1. The average molecular weight is 232 g/mol. The fourth-order valence-electron chi connectivity index (χ4n) is 2.85. The van der Waals surface area contributed by atoms with Crippen LogP contribution < -0.4 is 5.73 Å². The highest BCUT2D eigenvalue weighted by Crippen LogP contribution is 2.21. The molecule has 1 aliphatic rings. The predicted molar refractivity (Wildman–Crippen MR) is 72.7 cm³/mol. The highest BCUT2D eigenvalue weighted by Gasteiger charge is 2.20. The lowest BCUT2D eigenvalue weighted by atomic mass is 9.92. The van der Waals surface area contributed by atoms with Crippen LogP contribution in [-0.2, 0) is 6.54 Å². The van der Waals surface area contributed by atoms with E-state index < -0.39 is 0 Å². The Morgan fingerprint density at radius 2 is 2.12 bits per heavy atom. The number of nitrogens with zero attached hydrogens (tertiary/aromatic N) is 1. The minimum atomic E-state index is 0.344. The molecule has 1 aromatic rings. The first-order chi connectivity index (χ1) is 8.24. The summed E-state index contributed by atoms with van der Waals surface area (Å²) in [5, 5.41) is 0. The third-order valence-electron chi connectivity index (χ3n) is 3.56. The van der Waals surface area contributed by atoms with Crippen LogP contribution in [-0.4, -0.2) is 24.0 Å². The lowest BCUT2D eigenvalue weighted by Crippen LogP contribution is -2.37. The summed E-state index contributed by atoms with van der Waals surface area (Å²) in [7, 11) is 0. The maximum Gasteiger partial charge on any atom is 0.0233 e. The number of benzene rings is 1. The van der Waals surface area contributed by atoms with Gasteiger partial charge in [0.25, 0.3) is 0 Å². The van der Waals surface area contributed by atoms with Gasteiger partial charge in [0.05, 0.1) is 0 Å². The van der Waals surface area contributed by atoms with Crippen LogP contribution in [0.25, 0.3) is 0 Å². The standard InChI is InChI=1S/C15H24N2/c1-13(16)10-15-8-5-9-17(12-15)11-14-6-3-2-4-7-14/h2-4,6-7,13,15H,5,8-12,16H2,1H3/t13-,15?/m1/s1. The molecule has 0 aromatic heterocycles. The maximum absolute atomic E-state index is 5.90. The largest absolute Gasteiger partial charge is 0.328 e. The Balaban J connectivity index is 1.85. The van der Waals surface area contributed by atoms with Crippen LogP contribution in [0.1, 0.15) is 31.7 Å². The third kappa shape index (κ3) is 4.14. The Labute approximate surface area is 105 Å². The monoisotopic (exact) mass is 232 g/mol. The molecular weight excluding hydrogens is 208 g/mol. The Hall–Kier alpha value is -0.860. The van der Waals surface area contributed by atoms with Crippen LogP contribution in [0.15, 0.2) is 30.3 Å². The second kappa shape index (κ2) is 6.18. The zero-order chi connectivity index (χ0) is 12.1. The van der Waals surface area contributed by atoms with Gasteiger partial charge in [0.2, 0.25) is 0 Å². The second-order valence-electron chi connectivity index (χ2n) is 5.44. The zero-order valence-electron chi connectivity index (χ0n) is 10.8. The molecule has 94 valence electrons. The number of hydrogen-bond donors (Lipinski definition) is 1. The summed E-state index contributed by atoms with van der Waals surface area (Å²) < 4.78 is 0. The van der Waals surface area contributed by atoms with Gasteiger partial charge in [-0.05, 0) is 44.2 Å². The molecule has 0 saturated carbocycles. The Kier molecular flexibility index (Phi) is 4.57. The van der Waals surface area contributed by atoms with E-state index in [2.05, 4.69) is 42.2 Å². The quantitative estimate of drug-likeness (QED) is 0.864. The molecule has 2 nitrogen and oxygen atoms in total. The Morgan fingerprint density at radius 1 is 1.35 bits per heavy atom. The van der Waals surface area contributed by atoms with Gasteiger partial charge in [0.1, 0.15) is 0 Å². The Morgan fingerprint density at radius 3 is 2.82 bits per heavy atom. The van der Waals surface area contributed by atoms with Crippen molar-refractivity contribution in [1.82, 2.24) is 4.90 Å². The summed E-state index contributed by atoms with van der Waals surface area (Å²) in [5.41, 5.74) is 7.33. The summed E-state index contributed by atoms with van der Waals surface area (Å²) in [6.07, 6.45) is 3.85. The van der Waals surface area contributed by atoms with Gasteiger partial charge in [-0.2, -0.15) is 0 Å². The lowest BCUT2D eigenvalue weighted by Gasteiger charge is -2.33. The molecule has 1 unspecified atom stereocenters. The first-order valence-electron chi connectivity index (χ1n) is 6.76. The average Bonchev–Trinajstić information content (AvgIpc) is 2.30. The minimum absolute atomic E-state index is 0.344. The number of nitrogens with two attached hydrogens (primary N) is 1. The van der Waals surface area contributed by atoms with Gasteiger partial charge in [-0.15, -0.1) is 0 Å². The van der Waals surface area contributed by atoms with Crippen LogP contribution in [0, 0.1) is 5.92 Å². The molecule has 1 saturated heterocycles. The van der Waals surface area contributed by atoms with Crippen molar-refractivity contribution in [3.8, 4) is 0 Å². The SMILES string of the molecule is C[C@@H](N)CC1CCCN(Cc2ccccc2)C1.